The van der Waals surface area contributed by atoms with E-state index in [1.165, 1.54) is 0 Å². The Bertz CT molecular complexity index is 883. The zero-order chi connectivity index (χ0) is 22.6. The van der Waals surface area contributed by atoms with Gasteiger partial charge in [-0.05, 0) is 48.7 Å². The van der Waals surface area contributed by atoms with Gasteiger partial charge in [-0.25, -0.2) is 4.99 Å². The quantitative estimate of drug-likeness (QED) is 0.319. The van der Waals surface area contributed by atoms with Crippen LogP contribution < -0.4 is 20.3 Å². The maximum absolute atomic E-state index is 11.9. The summed E-state index contributed by atoms with van der Waals surface area (Å²) in [6, 6.07) is 16.2. The van der Waals surface area contributed by atoms with Crippen molar-refractivity contribution in [1.82, 2.24) is 10.6 Å². The van der Waals surface area contributed by atoms with Crippen molar-refractivity contribution >= 4 is 17.6 Å². The van der Waals surface area contributed by atoms with E-state index in [2.05, 4.69) is 22.8 Å². The molecule has 7 nitrogen and oxygen atoms in total. The van der Waals surface area contributed by atoms with Gasteiger partial charge in [-0.1, -0.05) is 24.3 Å². The van der Waals surface area contributed by atoms with Crippen LogP contribution in [-0.4, -0.2) is 45.3 Å². The summed E-state index contributed by atoms with van der Waals surface area (Å²) in [5.41, 5.74) is 3.20. The molecule has 0 aromatic heterocycles. The van der Waals surface area contributed by atoms with E-state index in [0.717, 1.165) is 54.5 Å². The largest absolute Gasteiger partial charge is 0.493 e. The number of amides is 1. The van der Waals surface area contributed by atoms with Gasteiger partial charge in [0.15, 0.2) is 5.96 Å². The molecule has 1 aliphatic rings. The molecule has 1 saturated heterocycles. The van der Waals surface area contributed by atoms with Crippen LogP contribution in [0.15, 0.2) is 53.5 Å². The highest BCUT2D eigenvalue weighted by Gasteiger charge is 2.21. The fourth-order valence-corrected chi connectivity index (χ4v) is 3.54. The molecule has 0 radical (unpaired) electrons. The van der Waals surface area contributed by atoms with Gasteiger partial charge in [-0.2, -0.15) is 0 Å². The molecule has 0 aliphatic carbocycles. The average Bonchev–Trinajstić information content (AvgIpc) is 3.25. The number of hydrogen-bond donors (Lipinski definition) is 2. The molecular weight excluding hydrogens is 404 g/mol. The van der Waals surface area contributed by atoms with E-state index >= 15 is 0 Å². The lowest BCUT2D eigenvalue weighted by Crippen LogP contribution is -2.36. The molecule has 3 rings (SSSR count). The van der Waals surface area contributed by atoms with E-state index < -0.39 is 0 Å². The maximum Gasteiger partial charge on any atom is 0.227 e. The van der Waals surface area contributed by atoms with Gasteiger partial charge in [0.25, 0.3) is 0 Å². The van der Waals surface area contributed by atoms with Crippen LogP contribution in [0.2, 0.25) is 0 Å². The number of ether oxygens (including phenoxy) is 2. The SMILES string of the molecule is CCNC(=NCc1cccc(OCCCOC)c1)NCc1ccc(N2CCCC2=O)cc1. The predicted octanol–water partition coefficient (Wildman–Crippen LogP) is 3.48. The minimum absolute atomic E-state index is 0.210. The number of guanidine groups is 1. The van der Waals surface area contributed by atoms with Gasteiger partial charge in [-0.15, -0.1) is 0 Å². The van der Waals surface area contributed by atoms with E-state index in [1.54, 1.807) is 7.11 Å². The van der Waals surface area contributed by atoms with Gasteiger partial charge in [0.05, 0.1) is 13.2 Å². The summed E-state index contributed by atoms with van der Waals surface area (Å²) in [7, 11) is 1.69. The minimum atomic E-state index is 0.210. The molecule has 1 amide bonds. The van der Waals surface area contributed by atoms with Crippen molar-refractivity contribution in [1.29, 1.82) is 0 Å². The lowest BCUT2D eigenvalue weighted by atomic mass is 10.2. The van der Waals surface area contributed by atoms with Gasteiger partial charge in [-0.3, -0.25) is 4.79 Å². The van der Waals surface area contributed by atoms with Gasteiger partial charge in [0.2, 0.25) is 5.91 Å². The number of hydrogen-bond acceptors (Lipinski definition) is 4. The predicted molar refractivity (Wildman–Crippen MR) is 128 cm³/mol. The fraction of sp³-hybridized carbons (Fsp3) is 0.440. The standard InChI is InChI=1S/C25H34N4O3/c1-3-26-25(28-19-21-7-4-8-23(17-21)32-16-6-15-31-2)27-18-20-10-12-22(13-11-20)29-14-5-9-24(29)30/h4,7-8,10-13,17H,3,5-6,9,14-16,18-19H2,1-2H3,(H2,26,27,28). The van der Waals surface area contributed by atoms with Crippen LogP contribution in [0.1, 0.15) is 37.3 Å². The van der Waals surface area contributed by atoms with Crippen LogP contribution in [0, 0.1) is 0 Å². The van der Waals surface area contributed by atoms with E-state index in [0.29, 0.717) is 32.7 Å². The van der Waals surface area contributed by atoms with Gasteiger partial charge < -0.3 is 25.0 Å². The van der Waals surface area contributed by atoms with Gasteiger partial charge in [0, 0.05) is 51.9 Å². The van der Waals surface area contributed by atoms with Crippen LogP contribution >= 0.6 is 0 Å². The summed E-state index contributed by atoms with van der Waals surface area (Å²) >= 11 is 0. The molecule has 0 unspecified atom stereocenters. The lowest BCUT2D eigenvalue weighted by Gasteiger charge is -2.16. The molecule has 1 fully saturated rings. The Morgan fingerprint density at radius 1 is 1.09 bits per heavy atom. The highest BCUT2D eigenvalue weighted by atomic mass is 16.5. The smallest absolute Gasteiger partial charge is 0.227 e. The highest BCUT2D eigenvalue weighted by Crippen LogP contribution is 2.21. The monoisotopic (exact) mass is 438 g/mol. The second-order valence-electron chi connectivity index (χ2n) is 7.71. The molecule has 0 atom stereocenters. The summed E-state index contributed by atoms with van der Waals surface area (Å²) in [4.78, 5) is 18.5. The number of rotatable bonds is 11. The molecule has 0 bridgehead atoms. The molecular formula is C25H34N4O3. The van der Waals surface area contributed by atoms with Crippen LogP contribution in [0.4, 0.5) is 5.69 Å². The van der Waals surface area contributed by atoms with Crippen LogP contribution in [-0.2, 0) is 22.6 Å². The summed E-state index contributed by atoms with van der Waals surface area (Å²) in [6.45, 7) is 6.19. The maximum atomic E-state index is 11.9. The number of benzene rings is 2. The molecule has 2 N–H and O–H groups in total. The number of nitrogens with zero attached hydrogens (tertiary/aromatic N) is 2. The Hall–Kier alpha value is -3.06. The molecule has 172 valence electrons. The zero-order valence-corrected chi connectivity index (χ0v) is 19.1. The summed E-state index contributed by atoms with van der Waals surface area (Å²) < 4.78 is 10.8. The van der Waals surface area contributed by atoms with Crippen molar-refractivity contribution in [3.63, 3.8) is 0 Å². The third-order valence-corrected chi connectivity index (χ3v) is 5.21. The Labute approximate surface area is 190 Å². The first-order valence-corrected chi connectivity index (χ1v) is 11.3. The molecule has 2 aromatic carbocycles. The van der Waals surface area contributed by atoms with E-state index in [4.69, 9.17) is 14.5 Å². The number of carbonyl (C=O) groups excluding carboxylic acids is 1. The van der Waals surface area contributed by atoms with Gasteiger partial charge >= 0.3 is 0 Å². The second kappa shape index (κ2) is 12.7. The second-order valence-corrected chi connectivity index (χ2v) is 7.71. The van der Waals surface area contributed by atoms with E-state index in [1.807, 2.05) is 48.2 Å². The minimum Gasteiger partial charge on any atom is -0.493 e. The molecule has 1 heterocycles. The van der Waals surface area contributed by atoms with Crippen molar-refractivity contribution in [2.24, 2.45) is 4.99 Å². The molecule has 32 heavy (non-hydrogen) atoms. The Morgan fingerprint density at radius 2 is 1.94 bits per heavy atom. The molecule has 0 spiro atoms. The number of aliphatic imine (C=N–C) groups is 1. The number of methoxy groups -OCH3 is 1. The summed E-state index contributed by atoms with van der Waals surface area (Å²) in [5, 5.41) is 6.67. The normalized spacial score (nSPS) is 14.0. The number of anilines is 1. The van der Waals surface area contributed by atoms with Crippen LogP contribution in [0.5, 0.6) is 5.75 Å². The fourth-order valence-electron chi connectivity index (χ4n) is 3.54. The first kappa shape index (κ1) is 23.6. The molecule has 7 heteroatoms. The van der Waals surface area contributed by atoms with Crippen LogP contribution in [0.3, 0.4) is 0 Å². The highest BCUT2D eigenvalue weighted by molar-refractivity contribution is 5.95. The summed E-state index contributed by atoms with van der Waals surface area (Å²) in [6.07, 6.45) is 2.45. The topological polar surface area (TPSA) is 75.2 Å². The molecule has 2 aromatic rings. The van der Waals surface area contributed by atoms with Crippen molar-refractivity contribution < 1.29 is 14.3 Å². The van der Waals surface area contributed by atoms with E-state index in [9.17, 15) is 4.79 Å². The van der Waals surface area contributed by atoms with E-state index in [-0.39, 0.29) is 5.91 Å². The third kappa shape index (κ3) is 7.27. The summed E-state index contributed by atoms with van der Waals surface area (Å²) in [5.74, 6) is 1.82. The van der Waals surface area contributed by atoms with Gasteiger partial charge in [0.1, 0.15) is 5.75 Å². The first-order chi connectivity index (χ1) is 15.7. The Balaban J connectivity index is 1.53. The Kier molecular flexibility index (Phi) is 9.37. The molecule has 1 aliphatic heterocycles. The number of carbonyl (C=O) groups is 1. The van der Waals surface area contributed by atoms with Crippen molar-refractivity contribution in [3.8, 4) is 5.75 Å². The molecule has 0 saturated carbocycles. The van der Waals surface area contributed by atoms with Crippen molar-refractivity contribution in [2.75, 3.05) is 38.3 Å². The van der Waals surface area contributed by atoms with Crippen molar-refractivity contribution in [3.05, 3.63) is 59.7 Å². The Morgan fingerprint density at radius 3 is 2.66 bits per heavy atom. The van der Waals surface area contributed by atoms with Crippen molar-refractivity contribution in [2.45, 2.75) is 39.3 Å². The zero-order valence-electron chi connectivity index (χ0n) is 19.1. The average molecular weight is 439 g/mol. The van der Waals surface area contributed by atoms with Crippen LogP contribution in [0.25, 0.3) is 0 Å². The first-order valence-electron chi connectivity index (χ1n) is 11.3. The lowest BCUT2D eigenvalue weighted by molar-refractivity contribution is -0.117. The number of nitrogens with one attached hydrogen (secondary N) is 2. The third-order valence-electron chi connectivity index (χ3n) is 5.21.